The van der Waals surface area contributed by atoms with E-state index in [1.54, 1.807) is 0 Å². The van der Waals surface area contributed by atoms with Gasteiger partial charge in [-0.05, 0) is 0 Å². The van der Waals surface area contributed by atoms with Crippen molar-refractivity contribution in [2.24, 2.45) is 0 Å². The van der Waals surface area contributed by atoms with Crippen LogP contribution in [0, 0.1) is 4.91 Å². The molecule has 4 nitrogen and oxygen atoms in total. The van der Waals surface area contributed by atoms with Crippen LogP contribution in [0.5, 0.6) is 0 Å². The van der Waals surface area contributed by atoms with Gasteiger partial charge < -0.3 is 0 Å². The second kappa shape index (κ2) is 1.29. The molecule has 1 aliphatic heterocycles. The van der Waals surface area contributed by atoms with Crippen molar-refractivity contribution in [3.8, 4) is 0 Å². The zero-order chi connectivity index (χ0) is 5.28. The van der Waals surface area contributed by atoms with Crippen LogP contribution in [0.15, 0.2) is 0 Å². The Kier molecular flexibility index (Phi) is 0.780. The number of nitrogens with one attached hydrogen (secondary N) is 1. The number of hydrogen-bond donors (Lipinski definition) is 1. The molecular weight excluding hydrogens is 96.0 g/mol. The van der Waals surface area contributed by atoms with Crippen LogP contribution < -0.4 is 5.43 Å². The van der Waals surface area contributed by atoms with Crippen molar-refractivity contribution >= 4 is 5.78 Å². The third-order valence-electron chi connectivity index (χ3n) is 0.773. The largest absolute Gasteiger partial charge is 0.290 e. The number of ketones is 1. The lowest BCUT2D eigenvalue weighted by Gasteiger charge is -1.69. The fourth-order valence-electron chi connectivity index (χ4n) is 0.448. The molecule has 4 heteroatoms. The molecule has 0 spiro atoms. The Hall–Kier alpha value is -0.930. The molecule has 0 unspecified atom stereocenters. The highest BCUT2D eigenvalue weighted by molar-refractivity contribution is 5.82. The predicted octanol–water partition coefficient (Wildman–Crippen LogP) is -1.15. The summed E-state index contributed by atoms with van der Waals surface area (Å²) < 4.78 is 0. The third-order valence-corrected chi connectivity index (χ3v) is 0.773. The van der Waals surface area contributed by atoms with E-state index in [0.717, 1.165) is 0 Å². The molecule has 38 valence electrons. The molecule has 1 fully saturated rings. The van der Waals surface area contributed by atoms with E-state index in [9.17, 15) is 9.70 Å². The van der Waals surface area contributed by atoms with Crippen LogP contribution in [0.4, 0.5) is 0 Å². The summed E-state index contributed by atoms with van der Waals surface area (Å²) in [6, 6.07) is 0. The molecule has 1 rings (SSSR count). The lowest BCUT2D eigenvalue weighted by Crippen LogP contribution is -2.15. The summed E-state index contributed by atoms with van der Waals surface area (Å²) in [5.41, 5.74) is 2.30. The van der Waals surface area contributed by atoms with Gasteiger partial charge in [0.25, 0.3) is 6.54 Å². The Morgan fingerprint density at radius 1 is 1.71 bits per heavy atom. The number of carbonyl (C=O) groups excluding carboxylic acids is 1. The van der Waals surface area contributed by atoms with Crippen LogP contribution in [0.2, 0.25) is 0 Å². The van der Waals surface area contributed by atoms with Gasteiger partial charge in [-0.3, -0.25) is 4.79 Å². The highest BCUT2D eigenvalue weighted by Crippen LogP contribution is 1.79. The van der Waals surface area contributed by atoms with Crippen LogP contribution in [0.3, 0.4) is 0 Å². The first kappa shape index (κ1) is 4.23. The maximum atomic E-state index is 10.1. The van der Waals surface area contributed by atoms with Gasteiger partial charge in [-0.25, -0.2) is 0 Å². The summed E-state index contributed by atoms with van der Waals surface area (Å²) in [6.07, 6.45) is 0. The standard InChI is InChI=1S/C3H5N2O2/c6-3-1-4-5(7)2-3/h1-2H2,(H,4,7)/q+1. The fraction of sp³-hybridized carbons (Fsp3) is 0.667. The molecule has 0 aromatic carbocycles. The number of rotatable bonds is 0. The maximum Gasteiger partial charge on any atom is 0.284 e. The normalized spacial score (nSPS) is 20.0. The van der Waals surface area contributed by atoms with Gasteiger partial charge in [0.1, 0.15) is 11.4 Å². The number of nitrogens with zero attached hydrogens (tertiary/aromatic N) is 1. The zero-order valence-electron chi connectivity index (χ0n) is 3.68. The fourth-order valence-corrected chi connectivity index (χ4v) is 0.448. The first-order valence-corrected chi connectivity index (χ1v) is 1.99. The SMILES string of the molecule is O=C1CN[N+](=O)C1. The third kappa shape index (κ3) is 0.734. The predicted molar refractivity (Wildman–Crippen MR) is 21.5 cm³/mol. The van der Waals surface area contributed by atoms with E-state index >= 15 is 0 Å². The Balaban J connectivity index is 2.55. The number of hydrazine groups is 1. The molecule has 1 aliphatic rings. The van der Waals surface area contributed by atoms with Gasteiger partial charge in [0, 0.05) is 0 Å². The van der Waals surface area contributed by atoms with E-state index in [4.69, 9.17) is 0 Å². The van der Waals surface area contributed by atoms with E-state index in [-0.39, 0.29) is 18.9 Å². The van der Waals surface area contributed by atoms with E-state index in [0.29, 0.717) is 4.87 Å². The number of carbonyl (C=O) groups is 1. The molecule has 0 aromatic rings. The number of Topliss-reactive ketones (excluding diaryl/α,β-unsaturated/α-hetero) is 1. The lowest BCUT2D eigenvalue weighted by atomic mass is 10.4. The van der Waals surface area contributed by atoms with Crippen molar-refractivity contribution in [2.75, 3.05) is 13.1 Å². The summed E-state index contributed by atoms with van der Waals surface area (Å²) >= 11 is 0. The molecular formula is C3H5N2O2+. The van der Waals surface area contributed by atoms with Crippen molar-refractivity contribution in [1.29, 1.82) is 0 Å². The highest BCUT2D eigenvalue weighted by Gasteiger charge is 2.24. The monoisotopic (exact) mass is 101 g/mol. The van der Waals surface area contributed by atoms with Crippen molar-refractivity contribution in [2.45, 2.75) is 0 Å². The molecule has 1 heterocycles. The average molecular weight is 101 g/mol. The van der Waals surface area contributed by atoms with E-state index in [1.165, 1.54) is 0 Å². The molecule has 0 bridgehead atoms. The average Bonchev–Trinajstić information content (AvgIpc) is 1.87. The molecule has 0 saturated carbocycles. The molecule has 0 aromatic heterocycles. The minimum atomic E-state index is -0.0463. The number of hydrogen-bond acceptors (Lipinski definition) is 2. The molecule has 7 heavy (non-hydrogen) atoms. The van der Waals surface area contributed by atoms with Crippen molar-refractivity contribution in [3.05, 3.63) is 4.91 Å². The van der Waals surface area contributed by atoms with Crippen LogP contribution in [0.1, 0.15) is 0 Å². The molecule has 0 radical (unpaired) electrons. The Morgan fingerprint density at radius 3 is 2.57 bits per heavy atom. The molecule has 1 saturated heterocycles. The van der Waals surface area contributed by atoms with Gasteiger partial charge in [-0.1, -0.05) is 0 Å². The van der Waals surface area contributed by atoms with Gasteiger partial charge in [0.15, 0.2) is 0 Å². The quantitative estimate of drug-likeness (QED) is 0.392. The van der Waals surface area contributed by atoms with E-state index in [2.05, 4.69) is 5.43 Å². The maximum absolute atomic E-state index is 10.1. The summed E-state index contributed by atoms with van der Waals surface area (Å²) in [5, 5.41) is 0. The van der Waals surface area contributed by atoms with E-state index in [1.807, 2.05) is 0 Å². The van der Waals surface area contributed by atoms with Crippen LogP contribution in [-0.2, 0) is 4.79 Å². The summed E-state index contributed by atoms with van der Waals surface area (Å²) in [4.78, 5) is 20.7. The second-order valence-electron chi connectivity index (χ2n) is 1.41. The van der Waals surface area contributed by atoms with Crippen molar-refractivity contribution < 1.29 is 9.66 Å². The Bertz CT molecular complexity index is 106. The Labute approximate surface area is 40.0 Å². The van der Waals surface area contributed by atoms with Gasteiger partial charge in [-0.15, -0.1) is 5.43 Å². The summed E-state index contributed by atoms with van der Waals surface area (Å²) in [6.45, 7) is 0.198. The van der Waals surface area contributed by atoms with Crippen LogP contribution >= 0.6 is 0 Å². The smallest absolute Gasteiger partial charge is 0.284 e. The summed E-state index contributed by atoms with van der Waals surface area (Å²) in [7, 11) is 0. The first-order valence-electron chi connectivity index (χ1n) is 1.99. The number of nitroso groups, excluding NO2 is 1. The minimum Gasteiger partial charge on any atom is -0.290 e. The molecule has 0 atom stereocenters. The topological polar surface area (TPSA) is 49.2 Å². The highest BCUT2D eigenvalue weighted by atomic mass is 16.3. The molecule has 0 amide bonds. The van der Waals surface area contributed by atoms with Crippen LogP contribution in [-0.4, -0.2) is 23.7 Å². The second-order valence-corrected chi connectivity index (χ2v) is 1.41. The van der Waals surface area contributed by atoms with E-state index < -0.39 is 0 Å². The first-order chi connectivity index (χ1) is 3.29. The lowest BCUT2D eigenvalue weighted by molar-refractivity contribution is -0.581. The van der Waals surface area contributed by atoms with Crippen molar-refractivity contribution in [3.63, 3.8) is 0 Å². The van der Waals surface area contributed by atoms with Crippen molar-refractivity contribution in [1.82, 2.24) is 5.43 Å². The van der Waals surface area contributed by atoms with Crippen LogP contribution in [0.25, 0.3) is 0 Å². The van der Waals surface area contributed by atoms with Gasteiger partial charge in [0.05, 0.1) is 4.91 Å². The van der Waals surface area contributed by atoms with Gasteiger partial charge >= 0.3 is 0 Å². The Morgan fingerprint density at radius 2 is 2.43 bits per heavy atom. The molecule has 0 aliphatic carbocycles. The summed E-state index contributed by atoms with van der Waals surface area (Å²) in [5.74, 6) is -0.0463. The van der Waals surface area contributed by atoms with Gasteiger partial charge in [-0.2, -0.15) is 0 Å². The zero-order valence-corrected chi connectivity index (χ0v) is 3.68. The molecule has 1 N–H and O–H groups in total. The minimum absolute atomic E-state index is 0.000000000000000222. The van der Waals surface area contributed by atoms with Gasteiger partial charge in [0.2, 0.25) is 5.78 Å².